The molecule has 0 aromatic heterocycles. The number of imide groups is 2. The molecule has 8 heteroatoms. The molecule has 5 aromatic rings. The van der Waals surface area contributed by atoms with E-state index in [-0.39, 0.29) is 59.4 Å². The van der Waals surface area contributed by atoms with Crippen LogP contribution in [0, 0.1) is 23.7 Å². The Labute approximate surface area is 285 Å². The molecule has 236 valence electrons. The predicted molar refractivity (Wildman–Crippen MR) is 191 cm³/mol. The van der Waals surface area contributed by atoms with E-state index in [1.165, 1.54) is 9.80 Å². The highest BCUT2D eigenvalue weighted by Gasteiger charge is 2.43. The molecule has 0 saturated carbocycles. The van der Waals surface area contributed by atoms with Crippen LogP contribution in [0.1, 0.15) is 96.8 Å². The van der Waals surface area contributed by atoms with Crippen LogP contribution in [0.25, 0.3) is 43.1 Å². The molecule has 0 radical (unpaired) electrons. The SMILES string of the molecule is CC(C)C(C(C)C)N1C(=O)c2ccc3c4c(Br)cc5c6c(ccc(c7c(Br)cc(c2c37)C1=O)c64)C(=O)N(C(C(C)C)C(C)C)C5=O. The summed E-state index contributed by atoms with van der Waals surface area (Å²) in [6.45, 7) is 16.4. The highest BCUT2D eigenvalue weighted by atomic mass is 79.9. The Morgan fingerprint density at radius 3 is 1.04 bits per heavy atom. The summed E-state index contributed by atoms with van der Waals surface area (Å²) in [4.78, 5) is 59.7. The zero-order chi connectivity index (χ0) is 33.3. The first-order chi connectivity index (χ1) is 21.7. The van der Waals surface area contributed by atoms with Gasteiger partial charge in [0.15, 0.2) is 0 Å². The summed E-state index contributed by atoms with van der Waals surface area (Å²) < 4.78 is 1.44. The van der Waals surface area contributed by atoms with Crippen molar-refractivity contribution < 1.29 is 19.2 Å². The lowest BCUT2D eigenvalue weighted by Crippen LogP contribution is -2.51. The van der Waals surface area contributed by atoms with E-state index in [2.05, 4.69) is 31.9 Å². The molecular weight excluding hydrogens is 708 g/mol. The Morgan fingerprint density at radius 1 is 0.435 bits per heavy atom. The molecule has 0 fully saturated rings. The monoisotopic (exact) mass is 742 g/mol. The van der Waals surface area contributed by atoms with E-state index in [4.69, 9.17) is 0 Å². The van der Waals surface area contributed by atoms with Gasteiger partial charge in [-0.05, 0) is 58.7 Å². The molecule has 0 atom stereocenters. The number of amides is 4. The Kier molecular flexibility index (Phi) is 7.18. The summed E-state index contributed by atoms with van der Waals surface area (Å²) in [5.74, 6) is -0.772. The minimum absolute atomic E-state index is 0.0888. The summed E-state index contributed by atoms with van der Waals surface area (Å²) in [7, 11) is 0. The average Bonchev–Trinajstić information content (AvgIpc) is 2.98. The molecule has 0 unspecified atom stereocenters. The summed E-state index contributed by atoms with van der Waals surface area (Å²) in [5, 5.41) is 6.33. The molecule has 46 heavy (non-hydrogen) atoms. The quantitative estimate of drug-likeness (QED) is 0.0986. The van der Waals surface area contributed by atoms with Crippen LogP contribution in [-0.2, 0) is 0 Å². The van der Waals surface area contributed by atoms with Crippen LogP contribution in [0.15, 0.2) is 45.3 Å². The van der Waals surface area contributed by atoms with E-state index in [0.29, 0.717) is 33.0 Å². The van der Waals surface area contributed by atoms with Gasteiger partial charge in [0.25, 0.3) is 23.6 Å². The lowest BCUT2D eigenvalue weighted by molar-refractivity contribution is 0.0423. The standard InChI is InChI=1S/C38H36Br2N2O4/c1-15(2)33(16(3)4)41-35(43)21-11-9-19-30-26(40)14-24-28-22(36(44)42(38(24)46)34(17(5)6)18(7)8)12-10-20(32(28)30)29-25(39)13-23(37(41)45)27(21)31(19)29/h9-18,33-34H,1-8H3. The fraction of sp³-hybridized carbons (Fsp3) is 0.368. The molecule has 0 N–H and O–H groups in total. The molecule has 4 amide bonds. The van der Waals surface area contributed by atoms with Crippen molar-refractivity contribution in [1.82, 2.24) is 9.80 Å². The van der Waals surface area contributed by atoms with Crippen LogP contribution in [-0.4, -0.2) is 45.5 Å². The fourth-order valence-corrected chi connectivity index (χ4v) is 9.96. The van der Waals surface area contributed by atoms with Crippen LogP contribution in [0.4, 0.5) is 0 Å². The molecular formula is C38H36Br2N2O4. The summed E-state index contributed by atoms with van der Waals surface area (Å²) in [6.07, 6.45) is 0. The van der Waals surface area contributed by atoms with Gasteiger partial charge in [0.05, 0.1) is 0 Å². The third-order valence-electron chi connectivity index (χ3n) is 10.1. The molecule has 0 bridgehead atoms. The normalized spacial score (nSPS) is 15.6. The van der Waals surface area contributed by atoms with Crippen molar-refractivity contribution in [2.45, 2.75) is 67.5 Å². The van der Waals surface area contributed by atoms with Gasteiger partial charge in [-0.2, -0.15) is 0 Å². The number of hydrogen-bond acceptors (Lipinski definition) is 4. The third kappa shape index (κ3) is 3.98. The van der Waals surface area contributed by atoms with Crippen LogP contribution in [0.2, 0.25) is 0 Å². The number of benzene rings is 5. The zero-order valence-corrected chi connectivity index (χ0v) is 30.4. The van der Waals surface area contributed by atoms with Gasteiger partial charge in [-0.3, -0.25) is 29.0 Å². The van der Waals surface area contributed by atoms with Crippen molar-refractivity contribution in [2.24, 2.45) is 23.7 Å². The Balaban J connectivity index is 1.58. The van der Waals surface area contributed by atoms with E-state index in [0.717, 1.165) is 41.3 Å². The van der Waals surface area contributed by atoms with Crippen LogP contribution >= 0.6 is 31.9 Å². The number of hydrogen-bond donors (Lipinski definition) is 0. The maximum Gasteiger partial charge on any atom is 0.261 e. The Hall–Kier alpha value is -3.36. The zero-order valence-electron chi connectivity index (χ0n) is 27.2. The fourth-order valence-electron chi connectivity index (χ4n) is 8.68. The van der Waals surface area contributed by atoms with E-state index in [1.807, 2.05) is 91.8 Å². The summed E-state index contributed by atoms with van der Waals surface area (Å²) in [6, 6.07) is 10.8. The van der Waals surface area contributed by atoms with Crippen LogP contribution < -0.4 is 0 Å². The lowest BCUT2D eigenvalue weighted by Gasteiger charge is -2.39. The molecule has 2 heterocycles. The van der Waals surface area contributed by atoms with Gasteiger partial charge in [0, 0.05) is 75.6 Å². The van der Waals surface area contributed by atoms with Crippen molar-refractivity contribution >= 4 is 98.6 Å². The minimum atomic E-state index is -0.287. The van der Waals surface area contributed by atoms with E-state index in [1.54, 1.807) is 0 Å². The topological polar surface area (TPSA) is 74.8 Å². The second kappa shape index (κ2) is 10.6. The van der Waals surface area contributed by atoms with Gasteiger partial charge in [-0.25, -0.2) is 0 Å². The minimum Gasteiger partial charge on any atom is -0.271 e. The van der Waals surface area contributed by atoms with Crippen molar-refractivity contribution in [3.8, 4) is 0 Å². The van der Waals surface area contributed by atoms with Gasteiger partial charge >= 0.3 is 0 Å². The van der Waals surface area contributed by atoms with Gasteiger partial charge in [-0.15, -0.1) is 0 Å². The summed E-state index contributed by atoms with van der Waals surface area (Å²) >= 11 is 7.64. The molecule has 0 spiro atoms. The van der Waals surface area contributed by atoms with Crippen LogP contribution in [0.5, 0.6) is 0 Å². The highest BCUT2D eigenvalue weighted by molar-refractivity contribution is 9.11. The summed E-state index contributed by atoms with van der Waals surface area (Å²) in [5.41, 5.74) is 2.00. The number of fused-ring (bicyclic) bond motifs is 2. The number of carbonyl (C=O) groups excluding carboxylic acids is 4. The van der Waals surface area contributed by atoms with Crippen molar-refractivity contribution in [3.63, 3.8) is 0 Å². The molecule has 5 aromatic carbocycles. The van der Waals surface area contributed by atoms with Gasteiger partial charge in [-0.1, -0.05) is 99.4 Å². The number of carbonyl (C=O) groups is 4. The number of halogens is 2. The van der Waals surface area contributed by atoms with Gasteiger partial charge in [0.1, 0.15) is 0 Å². The second-order valence-corrected chi connectivity index (χ2v) is 16.0. The highest BCUT2D eigenvalue weighted by Crippen LogP contribution is 2.51. The van der Waals surface area contributed by atoms with Crippen molar-refractivity contribution in [1.29, 1.82) is 0 Å². The second-order valence-electron chi connectivity index (χ2n) is 14.3. The molecule has 2 aliphatic rings. The molecule has 2 aliphatic heterocycles. The van der Waals surface area contributed by atoms with Gasteiger partial charge in [0.2, 0.25) is 0 Å². The molecule has 6 nitrogen and oxygen atoms in total. The van der Waals surface area contributed by atoms with Crippen molar-refractivity contribution in [3.05, 3.63) is 67.6 Å². The molecule has 0 aliphatic carbocycles. The molecule has 0 saturated heterocycles. The Bertz CT molecular complexity index is 2030. The predicted octanol–water partition coefficient (Wildman–Crippen LogP) is 9.82. The van der Waals surface area contributed by atoms with E-state index in [9.17, 15) is 19.2 Å². The van der Waals surface area contributed by atoms with Gasteiger partial charge < -0.3 is 0 Å². The van der Waals surface area contributed by atoms with Crippen LogP contribution in [0.3, 0.4) is 0 Å². The number of nitrogens with zero attached hydrogens (tertiary/aromatic N) is 2. The first kappa shape index (κ1) is 31.3. The third-order valence-corrected chi connectivity index (χ3v) is 11.4. The van der Waals surface area contributed by atoms with E-state index >= 15 is 0 Å². The molecule has 7 rings (SSSR count). The van der Waals surface area contributed by atoms with E-state index < -0.39 is 0 Å². The van der Waals surface area contributed by atoms with Crippen molar-refractivity contribution in [2.75, 3.05) is 0 Å². The first-order valence-corrected chi connectivity index (χ1v) is 17.6. The average molecular weight is 745 g/mol. The number of rotatable bonds is 6. The largest absolute Gasteiger partial charge is 0.271 e. The first-order valence-electron chi connectivity index (χ1n) is 16.0. The maximum absolute atomic E-state index is 14.2. The lowest BCUT2D eigenvalue weighted by atomic mass is 9.80. The smallest absolute Gasteiger partial charge is 0.261 e. The Morgan fingerprint density at radius 2 is 0.739 bits per heavy atom. The maximum atomic E-state index is 14.2.